The highest BCUT2D eigenvalue weighted by Crippen LogP contribution is 2.19. The van der Waals surface area contributed by atoms with E-state index < -0.39 is 0 Å². The van der Waals surface area contributed by atoms with Gasteiger partial charge in [0.05, 0.1) is 12.0 Å². The number of carbonyl (C=O) groups excluding carboxylic acids is 1. The molecule has 1 amide bonds. The zero-order valence-corrected chi connectivity index (χ0v) is 18.7. The first-order chi connectivity index (χ1) is 16.2. The second-order valence-corrected chi connectivity index (χ2v) is 7.96. The molecule has 7 nitrogen and oxygen atoms in total. The van der Waals surface area contributed by atoms with Crippen LogP contribution in [0.5, 0.6) is 17.2 Å². The summed E-state index contributed by atoms with van der Waals surface area (Å²) in [5.74, 6) is 2.63. The monoisotopic (exact) mass is 461 g/mol. The van der Waals surface area contributed by atoms with Crippen molar-refractivity contribution < 1.29 is 19.0 Å². The fourth-order valence-electron chi connectivity index (χ4n) is 2.87. The fraction of sp³-hybridized carbons (Fsp3) is 0.160. The van der Waals surface area contributed by atoms with Crippen LogP contribution in [0, 0.1) is 0 Å². The van der Waals surface area contributed by atoms with E-state index in [0.29, 0.717) is 30.7 Å². The first-order valence-corrected chi connectivity index (χ1v) is 11.4. The van der Waals surface area contributed by atoms with Crippen LogP contribution < -0.4 is 19.5 Å². The minimum Gasteiger partial charge on any atom is -0.490 e. The number of amides is 1. The summed E-state index contributed by atoms with van der Waals surface area (Å²) in [6.07, 6.45) is 1.62. The van der Waals surface area contributed by atoms with Crippen LogP contribution >= 0.6 is 11.8 Å². The van der Waals surface area contributed by atoms with E-state index >= 15 is 0 Å². The molecule has 0 bridgehead atoms. The number of thioether (sulfide) groups is 1. The van der Waals surface area contributed by atoms with E-state index in [1.807, 2.05) is 78.9 Å². The molecule has 1 aliphatic heterocycles. The van der Waals surface area contributed by atoms with Crippen molar-refractivity contribution >= 4 is 29.1 Å². The molecule has 3 aromatic carbocycles. The highest BCUT2D eigenvalue weighted by atomic mass is 32.2. The molecule has 1 fully saturated rings. The summed E-state index contributed by atoms with van der Waals surface area (Å²) >= 11 is 1.34. The molecule has 0 unspecified atom stereocenters. The summed E-state index contributed by atoms with van der Waals surface area (Å²) in [6.45, 7) is 1.38. The summed E-state index contributed by atoms with van der Waals surface area (Å²) in [7, 11) is 0. The second kappa shape index (κ2) is 11.7. The minimum absolute atomic E-state index is 0.0516. The number of ether oxygens (including phenoxy) is 3. The molecule has 3 aromatic rings. The molecule has 0 spiro atoms. The molecule has 168 valence electrons. The Balaban J connectivity index is 1.15. The van der Waals surface area contributed by atoms with Gasteiger partial charge < -0.3 is 19.5 Å². The molecule has 1 heterocycles. The quantitative estimate of drug-likeness (QED) is 0.277. The van der Waals surface area contributed by atoms with Gasteiger partial charge in [-0.15, -0.1) is 5.10 Å². The van der Waals surface area contributed by atoms with Gasteiger partial charge in [-0.1, -0.05) is 42.1 Å². The Hall–Kier alpha value is -3.78. The molecular weight excluding hydrogens is 438 g/mol. The summed E-state index contributed by atoms with van der Waals surface area (Å²) in [4.78, 5) is 11.1. The molecule has 0 aliphatic carbocycles. The van der Waals surface area contributed by atoms with Crippen molar-refractivity contribution in [2.24, 2.45) is 10.2 Å². The highest BCUT2D eigenvalue weighted by molar-refractivity contribution is 8.15. The van der Waals surface area contributed by atoms with Crippen LogP contribution in [0.25, 0.3) is 0 Å². The number of amidine groups is 1. The molecule has 1 N–H and O–H groups in total. The van der Waals surface area contributed by atoms with Crippen LogP contribution in [0.4, 0.5) is 0 Å². The topological polar surface area (TPSA) is 81.5 Å². The van der Waals surface area contributed by atoms with E-state index in [1.165, 1.54) is 11.8 Å². The zero-order valence-electron chi connectivity index (χ0n) is 17.8. The van der Waals surface area contributed by atoms with Gasteiger partial charge in [0.25, 0.3) is 0 Å². The lowest BCUT2D eigenvalue weighted by atomic mass is 10.2. The molecule has 0 atom stereocenters. The third-order valence-electron chi connectivity index (χ3n) is 4.51. The smallest absolute Gasteiger partial charge is 0.236 e. The normalized spacial score (nSPS) is 14.4. The van der Waals surface area contributed by atoms with Crippen molar-refractivity contribution in [3.63, 3.8) is 0 Å². The standard InChI is InChI=1S/C25H23N3O4S/c29-24-18-33-25(27-24)28-26-16-19-6-8-21(9-7-19)30-14-15-31-22-10-12-23(13-11-22)32-17-20-4-2-1-3-5-20/h1-13,16H,14-15,17-18H2,(H,27,28,29). The number of benzene rings is 3. The van der Waals surface area contributed by atoms with Gasteiger partial charge in [0, 0.05) is 0 Å². The van der Waals surface area contributed by atoms with E-state index in [-0.39, 0.29) is 5.91 Å². The maximum Gasteiger partial charge on any atom is 0.236 e. The van der Waals surface area contributed by atoms with Crippen molar-refractivity contribution in [2.45, 2.75) is 6.61 Å². The lowest BCUT2D eigenvalue weighted by molar-refractivity contribution is -0.116. The Kier molecular flexibility index (Phi) is 7.97. The largest absolute Gasteiger partial charge is 0.490 e. The summed E-state index contributed by atoms with van der Waals surface area (Å²) in [5.41, 5.74) is 2.01. The third-order valence-corrected chi connectivity index (χ3v) is 5.38. The van der Waals surface area contributed by atoms with Gasteiger partial charge in [0.1, 0.15) is 37.1 Å². The van der Waals surface area contributed by atoms with Crippen molar-refractivity contribution in [1.82, 2.24) is 5.32 Å². The van der Waals surface area contributed by atoms with E-state index in [2.05, 4.69) is 15.5 Å². The van der Waals surface area contributed by atoms with Crippen molar-refractivity contribution in [1.29, 1.82) is 0 Å². The lowest BCUT2D eigenvalue weighted by Crippen LogP contribution is -2.19. The van der Waals surface area contributed by atoms with Gasteiger partial charge in [0.15, 0.2) is 5.17 Å². The van der Waals surface area contributed by atoms with E-state index in [1.54, 1.807) is 6.21 Å². The molecule has 1 aliphatic rings. The highest BCUT2D eigenvalue weighted by Gasteiger charge is 2.15. The molecule has 0 saturated carbocycles. The van der Waals surface area contributed by atoms with E-state index in [4.69, 9.17) is 14.2 Å². The number of carbonyl (C=O) groups is 1. The number of hydrogen-bond acceptors (Lipinski definition) is 7. The van der Waals surface area contributed by atoms with Crippen LogP contribution in [0.3, 0.4) is 0 Å². The molecule has 8 heteroatoms. The van der Waals surface area contributed by atoms with Gasteiger partial charge in [-0.2, -0.15) is 5.10 Å². The number of nitrogens with zero attached hydrogens (tertiary/aromatic N) is 2. The van der Waals surface area contributed by atoms with Crippen LogP contribution in [0.15, 0.2) is 89.1 Å². The van der Waals surface area contributed by atoms with E-state index in [0.717, 1.165) is 28.4 Å². The van der Waals surface area contributed by atoms with Crippen LogP contribution in [0.1, 0.15) is 11.1 Å². The first kappa shape index (κ1) is 22.4. The first-order valence-electron chi connectivity index (χ1n) is 10.4. The fourth-order valence-corrected chi connectivity index (χ4v) is 3.50. The second-order valence-electron chi connectivity index (χ2n) is 7.00. The predicted octanol–water partition coefficient (Wildman–Crippen LogP) is 4.28. The molecule has 4 rings (SSSR count). The van der Waals surface area contributed by atoms with Crippen molar-refractivity contribution in [3.8, 4) is 17.2 Å². The SMILES string of the molecule is O=C1CSC(=NN=Cc2ccc(OCCOc3ccc(OCc4ccccc4)cc3)cc2)N1. The van der Waals surface area contributed by atoms with Crippen LogP contribution in [0.2, 0.25) is 0 Å². The Morgan fingerprint density at radius 1 is 0.818 bits per heavy atom. The Labute approximate surface area is 196 Å². The Morgan fingerprint density at radius 3 is 2.03 bits per heavy atom. The van der Waals surface area contributed by atoms with Crippen molar-refractivity contribution in [3.05, 3.63) is 90.0 Å². The number of rotatable bonds is 10. The number of nitrogens with one attached hydrogen (secondary N) is 1. The predicted molar refractivity (Wildman–Crippen MR) is 130 cm³/mol. The maximum atomic E-state index is 11.1. The molecule has 33 heavy (non-hydrogen) atoms. The van der Waals surface area contributed by atoms with Gasteiger partial charge in [-0.25, -0.2) is 0 Å². The van der Waals surface area contributed by atoms with Gasteiger partial charge in [-0.3, -0.25) is 4.79 Å². The maximum absolute atomic E-state index is 11.1. The van der Waals surface area contributed by atoms with Gasteiger partial charge in [-0.05, 0) is 59.7 Å². The zero-order chi connectivity index (χ0) is 22.7. The van der Waals surface area contributed by atoms with Crippen molar-refractivity contribution in [2.75, 3.05) is 19.0 Å². The Morgan fingerprint density at radius 2 is 1.42 bits per heavy atom. The molecule has 0 radical (unpaired) electrons. The molecular formula is C25H23N3O4S. The minimum atomic E-state index is -0.0516. The summed E-state index contributed by atoms with van der Waals surface area (Å²) in [6, 6.07) is 25.1. The van der Waals surface area contributed by atoms with E-state index in [9.17, 15) is 4.79 Å². The Bertz CT molecular complexity index is 1100. The van der Waals surface area contributed by atoms with Gasteiger partial charge >= 0.3 is 0 Å². The summed E-state index contributed by atoms with van der Waals surface area (Å²) < 4.78 is 17.2. The van der Waals surface area contributed by atoms with Gasteiger partial charge in [0.2, 0.25) is 5.91 Å². The molecule has 0 aromatic heterocycles. The lowest BCUT2D eigenvalue weighted by Gasteiger charge is -2.10. The average molecular weight is 462 g/mol. The number of hydrogen-bond donors (Lipinski definition) is 1. The molecule has 1 saturated heterocycles. The van der Waals surface area contributed by atoms with Crippen LogP contribution in [-0.4, -0.2) is 36.3 Å². The average Bonchev–Trinajstić information content (AvgIpc) is 3.27. The summed E-state index contributed by atoms with van der Waals surface area (Å²) in [5, 5.41) is 11.1. The van der Waals surface area contributed by atoms with Crippen LogP contribution in [-0.2, 0) is 11.4 Å². The third kappa shape index (κ3) is 7.40.